The molecule has 24 unspecified atom stereocenters. The lowest BCUT2D eigenvalue weighted by molar-refractivity contribution is -0.115. The van der Waals surface area contributed by atoms with Crippen LogP contribution in [0.15, 0.2) is 58.7 Å². The Morgan fingerprint density at radius 1 is 0.300 bits per heavy atom. The summed E-state index contributed by atoms with van der Waals surface area (Å²) in [6, 6.07) is 0. The molecule has 0 heteroatoms. The van der Waals surface area contributed by atoms with Gasteiger partial charge in [0.1, 0.15) is 0 Å². The van der Waals surface area contributed by atoms with Crippen LogP contribution in [0.2, 0.25) is 0 Å². The number of allylic oxidation sites excluding steroid dienone is 10. The zero-order valence-corrected chi connectivity index (χ0v) is 23.3. The van der Waals surface area contributed by atoms with Gasteiger partial charge in [-0.25, -0.2) is 0 Å². The first-order valence-electron chi connectivity index (χ1n) is 18.4. The predicted molar refractivity (Wildman–Crippen MR) is 151 cm³/mol. The Balaban J connectivity index is 1.13. The Labute approximate surface area is 237 Å². The molecule has 16 rings (SSSR count). The quantitative estimate of drug-likeness (QED) is 0.300. The summed E-state index contributed by atoms with van der Waals surface area (Å²) in [4.78, 5) is 0. The Morgan fingerprint density at radius 2 is 0.700 bits per heavy atom. The Bertz CT molecular complexity index is 1500. The van der Waals surface area contributed by atoms with Crippen LogP contribution in [0.3, 0.4) is 0 Å². The molecule has 10 saturated carbocycles. The van der Waals surface area contributed by atoms with Gasteiger partial charge in [0.05, 0.1) is 0 Å². The smallest absolute Gasteiger partial charge is 0.00534 e. The normalized spacial score (nSPS) is 78.6. The number of rotatable bonds is 0. The van der Waals surface area contributed by atoms with Crippen LogP contribution in [0, 0.1) is 154 Å². The molecule has 0 saturated heterocycles. The lowest BCUT2D eigenvalue weighted by Gasteiger charge is -2.60. The molecule has 24 atom stereocenters. The average molecular weight is 521 g/mol. The molecule has 0 bridgehead atoms. The maximum atomic E-state index is 2.93. The van der Waals surface area contributed by atoms with Gasteiger partial charge in [-0.2, -0.15) is 0 Å². The van der Waals surface area contributed by atoms with Crippen molar-refractivity contribution in [3.63, 3.8) is 0 Å². The van der Waals surface area contributed by atoms with Gasteiger partial charge in [-0.1, -0.05) is 47.6 Å². The highest BCUT2D eigenvalue weighted by atomic mass is 14.9. The molecule has 0 radical (unpaired) electrons. The molecule has 16 aliphatic rings. The van der Waals surface area contributed by atoms with Crippen LogP contribution < -0.4 is 0 Å². The highest BCUT2D eigenvalue weighted by molar-refractivity contribution is 5.64. The van der Waals surface area contributed by atoms with Crippen LogP contribution in [0.5, 0.6) is 0 Å². The molecule has 10 fully saturated rings. The van der Waals surface area contributed by atoms with E-state index in [2.05, 4.69) is 58.7 Å². The van der Waals surface area contributed by atoms with Crippen molar-refractivity contribution in [1.82, 2.24) is 0 Å². The van der Waals surface area contributed by atoms with Gasteiger partial charge in [-0.05, 0) is 191 Å². The number of fused-ring (bicyclic) bond motifs is 5. The largest absolute Gasteiger partial charge is 0.0845 e. The van der Waals surface area contributed by atoms with Crippen molar-refractivity contribution in [1.29, 1.82) is 0 Å². The van der Waals surface area contributed by atoms with Crippen LogP contribution in [0.1, 0.15) is 25.7 Å². The maximum Gasteiger partial charge on any atom is -0.00534 e. The van der Waals surface area contributed by atoms with Crippen molar-refractivity contribution < 1.29 is 0 Å². The standard InChI is InChI=1S/C40H40/c1-2-12-14-5-6-16-18-9-10-20-19-8-7-17-15-4-3-13-11(1)21-22(12)32-24(14)26(16)34-29(18)30(20)35-28(19)27(17)33-25(15)23(13)31(21)36-37(32)39(34)40(35)38(33)36/h1-6,11-30,33-35,38-40H,7-10H2. The van der Waals surface area contributed by atoms with Crippen LogP contribution >= 0.6 is 0 Å². The molecule has 0 spiro atoms. The molecule has 16 aliphatic carbocycles. The second kappa shape index (κ2) is 5.21. The summed E-state index contributed by atoms with van der Waals surface area (Å²) in [5.41, 5.74) is 8.79. The molecule has 0 aromatic carbocycles. The summed E-state index contributed by atoms with van der Waals surface area (Å²) >= 11 is 0. The van der Waals surface area contributed by atoms with Crippen LogP contribution in [-0.2, 0) is 0 Å². The molecule has 40 heavy (non-hydrogen) atoms. The molecule has 0 heterocycles. The van der Waals surface area contributed by atoms with Crippen LogP contribution in [0.25, 0.3) is 0 Å². The molecular formula is C40H40. The van der Waals surface area contributed by atoms with Gasteiger partial charge in [-0.15, -0.1) is 0 Å². The van der Waals surface area contributed by atoms with E-state index in [4.69, 9.17) is 0 Å². The van der Waals surface area contributed by atoms with Gasteiger partial charge < -0.3 is 0 Å². The van der Waals surface area contributed by atoms with Crippen molar-refractivity contribution in [2.75, 3.05) is 0 Å². The topological polar surface area (TPSA) is 0 Å². The van der Waals surface area contributed by atoms with Gasteiger partial charge >= 0.3 is 0 Å². The molecule has 0 aromatic heterocycles. The van der Waals surface area contributed by atoms with Gasteiger partial charge in [0, 0.05) is 0 Å². The first-order chi connectivity index (χ1) is 19.9. The van der Waals surface area contributed by atoms with Crippen molar-refractivity contribution in [3.05, 3.63) is 58.7 Å². The molecule has 0 N–H and O–H groups in total. The zero-order chi connectivity index (χ0) is 24.4. The van der Waals surface area contributed by atoms with E-state index in [1.807, 2.05) is 0 Å². The van der Waals surface area contributed by atoms with Crippen molar-refractivity contribution in [3.8, 4) is 0 Å². The Morgan fingerprint density at radius 3 is 1.20 bits per heavy atom. The molecule has 0 aliphatic heterocycles. The molecular weight excluding hydrogens is 480 g/mol. The molecule has 0 amide bonds. The van der Waals surface area contributed by atoms with E-state index in [1.165, 1.54) is 0 Å². The Kier molecular flexibility index (Phi) is 2.49. The summed E-state index contributed by atoms with van der Waals surface area (Å²) in [7, 11) is 0. The summed E-state index contributed by atoms with van der Waals surface area (Å²) in [5.74, 6) is 26.6. The van der Waals surface area contributed by atoms with Gasteiger partial charge in [0.15, 0.2) is 0 Å². The Hall–Kier alpha value is -1.30. The highest BCUT2D eigenvalue weighted by Gasteiger charge is 2.84. The maximum absolute atomic E-state index is 2.93. The predicted octanol–water partition coefficient (Wildman–Crippen LogP) is 7.05. The van der Waals surface area contributed by atoms with E-state index in [0.29, 0.717) is 0 Å². The summed E-state index contributed by atoms with van der Waals surface area (Å²) < 4.78 is 0. The van der Waals surface area contributed by atoms with Gasteiger partial charge in [-0.3, -0.25) is 0 Å². The van der Waals surface area contributed by atoms with Crippen molar-refractivity contribution in [2.24, 2.45) is 154 Å². The second-order valence-electron chi connectivity index (χ2n) is 19.1. The van der Waals surface area contributed by atoms with Crippen molar-refractivity contribution >= 4 is 0 Å². The summed E-state index contributed by atoms with van der Waals surface area (Å²) in [5, 5.41) is 0. The van der Waals surface area contributed by atoms with E-state index < -0.39 is 0 Å². The fourth-order valence-corrected chi connectivity index (χ4v) is 21.1. The molecule has 200 valence electrons. The summed E-state index contributed by atoms with van der Waals surface area (Å²) in [6.45, 7) is 0. The minimum Gasteiger partial charge on any atom is -0.0845 e. The second-order valence-corrected chi connectivity index (χ2v) is 19.1. The third-order valence-corrected chi connectivity index (χ3v) is 20.2. The monoisotopic (exact) mass is 520 g/mol. The van der Waals surface area contributed by atoms with E-state index in [-0.39, 0.29) is 0 Å². The first-order valence-corrected chi connectivity index (χ1v) is 18.4. The SMILES string of the molecule is C1=CC2C3C=CC4C5CCC6C7CCC8C9C=CC%10C1C1C%11=C%12C%13=C(C21)C3C4C1C%13C2C%12C(C9C%11%10)C8C7C2C6C51. The third-order valence-electron chi connectivity index (χ3n) is 20.2. The van der Waals surface area contributed by atoms with Crippen LogP contribution in [0.4, 0.5) is 0 Å². The fourth-order valence-electron chi connectivity index (χ4n) is 21.1. The third kappa shape index (κ3) is 1.39. The van der Waals surface area contributed by atoms with Crippen molar-refractivity contribution in [2.45, 2.75) is 25.7 Å². The highest BCUT2D eigenvalue weighted by Crippen LogP contribution is 2.89. The minimum absolute atomic E-state index is 0.843. The fraction of sp³-hybridized carbons (Fsp3) is 0.750. The van der Waals surface area contributed by atoms with E-state index in [1.54, 1.807) is 25.7 Å². The van der Waals surface area contributed by atoms with E-state index in [0.717, 1.165) is 154 Å². The van der Waals surface area contributed by atoms with Crippen LogP contribution in [-0.4, -0.2) is 0 Å². The van der Waals surface area contributed by atoms with Gasteiger partial charge in [0.25, 0.3) is 0 Å². The zero-order valence-electron chi connectivity index (χ0n) is 23.3. The average Bonchev–Trinajstić information content (AvgIpc) is 3.79. The lowest BCUT2D eigenvalue weighted by Crippen LogP contribution is -2.56. The van der Waals surface area contributed by atoms with E-state index in [9.17, 15) is 0 Å². The molecule has 0 aromatic rings. The first kappa shape index (κ1) is 19.1. The number of hydrogen-bond donors (Lipinski definition) is 0. The molecule has 0 nitrogen and oxygen atoms in total. The summed E-state index contributed by atoms with van der Waals surface area (Å²) in [6.07, 6.45) is 23.9. The minimum atomic E-state index is 0.843. The van der Waals surface area contributed by atoms with Gasteiger partial charge in [0.2, 0.25) is 0 Å². The number of hydrogen-bond acceptors (Lipinski definition) is 0. The van der Waals surface area contributed by atoms with E-state index >= 15 is 0 Å². The lowest BCUT2D eigenvalue weighted by atomic mass is 9.44.